The SMILES string of the molecule is C=CC(=O)OCCOC(=O)NN. The Balaban J connectivity index is 3.27. The van der Waals surface area contributed by atoms with Gasteiger partial charge in [-0.15, -0.1) is 0 Å². The molecule has 0 aliphatic carbocycles. The molecule has 0 aliphatic rings. The van der Waals surface area contributed by atoms with E-state index in [9.17, 15) is 9.59 Å². The number of amides is 1. The van der Waals surface area contributed by atoms with Crippen molar-refractivity contribution >= 4 is 12.1 Å². The summed E-state index contributed by atoms with van der Waals surface area (Å²) in [4.78, 5) is 20.7. The molecule has 6 heteroatoms. The van der Waals surface area contributed by atoms with Crippen LogP contribution in [-0.4, -0.2) is 25.3 Å². The quantitative estimate of drug-likeness (QED) is 0.147. The van der Waals surface area contributed by atoms with Crippen LogP contribution in [0.5, 0.6) is 0 Å². The Kier molecular flexibility index (Phi) is 5.37. The average Bonchev–Trinajstić information content (AvgIpc) is 2.11. The first-order valence-electron chi connectivity index (χ1n) is 3.13. The summed E-state index contributed by atoms with van der Waals surface area (Å²) in [5, 5.41) is 0. The summed E-state index contributed by atoms with van der Waals surface area (Å²) in [6.07, 6.45) is 0.243. The number of hydrogen-bond acceptors (Lipinski definition) is 5. The number of ether oxygens (including phenoxy) is 2. The van der Waals surface area contributed by atoms with Gasteiger partial charge in [0.15, 0.2) is 0 Å². The normalized spacial score (nSPS) is 8.42. The van der Waals surface area contributed by atoms with Gasteiger partial charge in [0.05, 0.1) is 0 Å². The van der Waals surface area contributed by atoms with Crippen molar-refractivity contribution in [1.29, 1.82) is 0 Å². The van der Waals surface area contributed by atoms with E-state index in [-0.39, 0.29) is 13.2 Å². The lowest BCUT2D eigenvalue weighted by molar-refractivity contribution is -0.138. The van der Waals surface area contributed by atoms with Gasteiger partial charge in [0, 0.05) is 6.08 Å². The highest BCUT2D eigenvalue weighted by Crippen LogP contribution is 1.81. The molecule has 0 unspecified atom stereocenters. The number of carbonyl (C=O) groups is 2. The molecule has 0 aromatic rings. The molecule has 3 N–H and O–H groups in total. The molecule has 68 valence electrons. The standard InChI is InChI=1S/C6H10N2O4/c1-2-5(9)11-3-4-12-6(10)8-7/h2H,1,3-4,7H2,(H,8,10). The summed E-state index contributed by atoms with van der Waals surface area (Å²) in [6, 6.07) is 0. The van der Waals surface area contributed by atoms with Crippen molar-refractivity contribution in [3.8, 4) is 0 Å². The van der Waals surface area contributed by atoms with E-state index in [1.54, 1.807) is 5.43 Å². The Hall–Kier alpha value is -1.56. The molecular weight excluding hydrogens is 164 g/mol. The van der Waals surface area contributed by atoms with E-state index in [0.717, 1.165) is 6.08 Å². The average molecular weight is 174 g/mol. The van der Waals surface area contributed by atoms with Gasteiger partial charge >= 0.3 is 12.1 Å². The Morgan fingerprint density at radius 3 is 2.50 bits per heavy atom. The number of rotatable bonds is 4. The molecule has 0 radical (unpaired) electrons. The molecule has 0 aromatic carbocycles. The molecule has 0 rings (SSSR count). The molecule has 1 amide bonds. The zero-order valence-electron chi connectivity index (χ0n) is 6.41. The van der Waals surface area contributed by atoms with Gasteiger partial charge in [-0.25, -0.2) is 15.4 Å². The fourth-order valence-electron chi connectivity index (χ4n) is 0.377. The molecule has 0 aliphatic heterocycles. The minimum Gasteiger partial charge on any atom is -0.459 e. The van der Waals surface area contributed by atoms with Crippen LogP contribution in [0.4, 0.5) is 4.79 Å². The van der Waals surface area contributed by atoms with Crippen molar-refractivity contribution in [2.75, 3.05) is 13.2 Å². The maximum Gasteiger partial charge on any atom is 0.421 e. The smallest absolute Gasteiger partial charge is 0.421 e. The number of carbonyl (C=O) groups excluding carboxylic acids is 2. The molecule has 0 heterocycles. The number of nitrogens with two attached hydrogens (primary N) is 1. The van der Waals surface area contributed by atoms with Crippen LogP contribution in [0.15, 0.2) is 12.7 Å². The zero-order chi connectivity index (χ0) is 9.40. The maximum absolute atomic E-state index is 10.4. The van der Waals surface area contributed by atoms with Crippen molar-refractivity contribution in [1.82, 2.24) is 5.43 Å². The Morgan fingerprint density at radius 2 is 2.00 bits per heavy atom. The topological polar surface area (TPSA) is 90.6 Å². The van der Waals surface area contributed by atoms with Gasteiger partial charge in [0.25, 0.3) is 0 Å². The number of nitrogens with one attached hydrogen (secondary N) is 1. The summed E-state index contributed by atoms with van der Waals surface area (Å²) in [6.45, 7) is 3.12. The summed E-state index contributed by atoms with van der Waals surface area (Å²) in [7, 11) is 0. The zero-order valence-corrected chi connectivity index (χ0v) is 6.41. The van der Waals surface area contributed by atoms with Crippen molar-refractivity contribution in [3.63, 3.8) is 0 Å². The Labute approximate surface area is 69.3 Å². The summed E-state index contributed by atoms with van der Waals surface area (Å²) >= 11 is 0. The van der Waals surface area contributed by atoms with Crippen LogP contribution in [0.25, 0.3) is 0 Å². The highest BCUT2D eigenvalue weighted by atomic mass is 16.6. The van der Waals surface area contributed by atoms with Crippen molar-refractivity contribution in [3.05, 3.63) is 12.7 Å². The van der Waals surface area contributed by atoms with E-state index < -0.39 is 12.1 Å². The largest absolute Gasteiger partial charge is 0.459 e. The monoisotopic (exact) mass is 174 g/mol. The van der Waals surface area contributed by atoms with E-state index in [1.165, 1.54) is 0 Å². The summed E-state index contributed by atoms with van der Waals surface area (Å²) < 4.78 is 8.88. The second kappa shape index (κ2) is 6.17. The third-order valence-corrected chi connectivity index (χ3v) is 0.845. The van der Waals surface area contributed by atoms with Crippen LogP contribution >= 0.6 is 0 Å². The first-order chi connectivity index (χ1) is 5.70. The van der Waals surface area contributed by atoms with Crippen LogP contribution in [0, 0.1) is 0 Å². The van der Waals surface area contributed by atoms with Crippen LogP contribution < -0.4 is 11.3 Å². The van der Waals surface area contributed by atoms with E-state index in [2.05, 4.69) is 16.1 Å². The predicted molar refractivity (Wildman–Crippen MR) is 39.8 cm³/mol. The Bertz CT molecular complexity index is 180. The van der Waals surface area contributed by atoms with Crippen molar-refractivity contribution < 1.29 is 19.1 Å². The van der Waals surface area contributed by atoms with E-state index in [1.807, 2.05) is 0 Å². The number of esters is 1. The number of hydrazine groups is 1. The lowest BCUT2D eigenvalue weighted by Crippen LogP contribution is -2.31. The lowest BCUT2D eigenvalue weighted by Gasteiger charge is -2.02. The minimum absolute atomic E-state index is 0.0156. The fraction of sp³-hybridized carbons (Fsp3) is 0.333. The second-order valence-corrected chi connectivity index (χ2v) is 1.65. The van der Waals surface area contributed by atoms with Gasteiger partial charge in [0.2, 0.25) is 0 Å². The summed E-state index contributed by atoms with van der Waals surface area (Å²) in [5.74, 6) is 4.13. The third-order valence-electron chi connectivity index (χ3n) is 0.845. The van der Waals surface area contributed by atoms with E-state index in [4.69, 9.17) is 5.84 Å². The molecule has 0 aromatic heterocycles. The van der Waals surface area contributed by atoms with E-state index >= 15 is 0 Å². The predicted octanol–water partition coefficient (Wildman–Crippen LogP) is -0.685. The summed E-state index contributed by atoms with van der Waals surface area (Å²) in [5.41, 5.74) is 1.75. The second-order valence-electron chi connectivity index (χ2n) is 1.65. The van der Waals surface area contributed by atoms with Gasteiger partial charge in [-0.2, -0.15) is 0 Å². The van der Waals surface area contributed by atoms with Crippen LogP contribution in [0.3, 0.4) is 0 Å². The van der Waals surface area contributed by atoms with Crippen molar-refractivity contribution in [2.45, 2.75) is 0 Å². The van der Waals surface area contributed by atoms with Gasteiger partial charge < -0.3 is 9.47 Å². The molecule has 0 fully saturated rings. The van der Waals surface area contributed by atoms with Gasteiger partial charge in [-0.3, -0.25) is 5.43 Å². The van der Waals surface area contributed by atoms with E-state index in [0.29, 0.717) is 0 Å². The molecule has 0 atom stereocenters. The first-order valence-corrected chi connectivity index (χ1v) is 3.13. The Morgan fingerprint density at radius 1 is 1.42 bits per heavy atom. The molecule has 0 saturated heterocycles. The van der Waals surface area contributed by atoms with Crippen LogP contribution in [0.1, 0.15) is 0 Å². The molecular formula is C6H10N2O4. The molecule has 0 spiro atoms. The minimum atomic E-state index is -0.773. The van der Waals surface area contributed by atoms with Crippen molar-refractivity contribution in [2.24, 2.45) is 5.84 Å². The highest BCUT2D eigenvalue weighted by Gasteiger charge is 1.98. The molecule has 12 heavy (non-hydrogen) atoms. The number of hydrogen-bond donors (Lipinski definition) is 2. The molecule has 0 bridgehead atoms. The van der Waals surface area contributed by atoms with Gasteiger partial charge in [-0.05, 0) is 0 Å². The molecule has 6 nitrogen and oxygen atoms in total. The lowest BCUT2D eigenvalue weighted by atomic mass is 10.6. The van der Waals surface area contributed by atoms with Gasteiger partial charge in [0.1, 0.15) is 13.2 Å². The maximum atomic E-state index is 10.4. The first kappa shape index (κ1) is 10.4. The fourth-order valence-corrected chi connectivity index (χ4v) is 0.377. The van der Waals surface area contributed by atoms with Crippen LogP contribution in [-0.2, 0) is 14.3 Å². The third kappa shape index (κ3) is 5.24. The van der Waals surface area contributed by atoms with Crippen LogP contribution in [0.2, 0.25) is 0 Å². The molecule has 0 saturated carbocycles. The highest BCUT2D eigenvalue weighted by molar-refractivity contribution is 5.81. The van der Waals surface area contributed by atoms with Gasteiger partial charge in [-0.1, -0.05) is 6.58 Å².